The molecule has 0 aromatic heterocycles. The average molecular weight is 248 g/mol. The Kier molecular flexibility index (Phi) is 3.75. The Balaban J connectivity index is 2.14. The molecule has 1 heterocycles. The van der Waals surface area contributed by atoms with Gasteiger partial charge in [-0.15, -0.1) is 0 Å². The second-order valence-corrected chi connectivity index (χ2v) is 3.98. The molecule has 94 valence electrons. The lowest BCUT2D eigenvalue weighted by Crippen LogP contribution is -2.25. The van der Waals surface area contributed by atoms with Gasteiger partial charge in [-0.05, 0) is 6.07 Å². The molecule has 0 aliphatic carbocycles. The van der Waals surface area contributed by atoms with Crippen LogP contribution in [0.15, 0.2) is 18.2 Å². The molecule has 0 saturated carbocycles. The first-order valence-electron chi connectivity index (χ1n) is 5.63. The van der Waals surface area contributed by atoms with Crippen molar-refractivity contribution in [1.82, 2.24) is 0 Å². The molecule has 0 spiro atoms. The van der Waals surface area contributed by atoms with Gasteiger partial charge in [-0.2, -0.15) is 5.26 Å². The lowest BCUT2D eigenvalue weighted by atomic mass is 10.1. The number of hydrogen-bond donors (Lipinski definition) is 0. The Morgan fingerprint density at radius 3 is 2.78 bits per heavy atom. The van der Waals surface area contributed by atoms with Crippen LogP contribution in [0.1, 0.15) is 18.4 Å². The van der Waals surface area contributed by atoms with E-state index in [1.807, 2.05) is 6.07 Å². The van der Waals surface area contributed by atoms with Crippen LogP contribution in [0.25, 0.3) is 0 Å². The van der Waals surface area contributed by atoms with Crippen molar-refractivity contribution in [2.75, 3.05) is 13.2 Å². The lowest BCUT2D eigenvalue weighted by Gasteiger charge is -2.23. The van der Waals surface area contributed by atoms with Crippen molar-refractivity contribution < 1.29 is 14.4 Å². The number of benzene rings is 1. The highest BCUT2D eigenvalue weighted by atomic mass is 16.6. The summed E-state index contributed by atoms with van der Waals surface area (Å²) in [6, 6.07) is 6.04. The van der Waals surface area contributed by atoms with Crippen molar-refractivity contribution in [3.63, 3.8) is 0 Å². The van der Waals surface area contributed by atoms with Crippen LogP contribution in [0.4, 0.5) is 5.69 Å². The zero-order chi connectivity index (χ0) is 13.0. The summed E-state index contributed by atoms with van der Waals surface area (Å²) in [4.78, 5) is 10.1. The molecule has 18 heavy (non-hydrogen) atoms. The van der Waals surface area contributed by atoms with Crippen LogP contribution in [0.2, 0.25) is 0 Å². The van der Waals surface area contributed by atoms with Crippen molar-refractivity contribution in [3.05, 3.63) is 33.9 Å². The van der Waals surface area contributed by atoms with Gasteiger partial charge in [0.25, 0.3) is 5.69 Å². The zero-order valence-corrected chi connectivity index (χ0v) is 9.67. The molecule has 0 N–H and O–H groups in total. The number of ether oxygens (including phenoxy) is 2. The molecule has 1 saturated heterocycles. The summed E-state index contributed by atoms with van der Waals surface area (Å²) in [6.07, 6.45) is 1.63. The minimum atomic E-state index is -0.573. The number of rotatable bonds is 3. The topological polar surface area (TPSA) is 85.4 Å². The third-order valence-electron chi connectivity index (χ3n) is 2.76. The second kappa shape index (κ2) is 5.47. The van der Waals surface area contributed by atoms with Crippen LogP contribution in [0.5, 0.6) is 5.75 Å². The Morgan fingerprint density at radius 1 is 1.44 bits per heavy atom. The predicted molar refractivity (Wildman–Crippen MR) is 62.3 cm³/mol. The molecule has 1 aliphatic heterocycles. The minimum Gasteiger partial charge on any atom is -0.490 e. The fourth-order valence-electron chi connectivity index (χ4n) is 1.82. The van der Waals surface area contributed by atoms with Gasteiger partial charge in [0.2, 0.25) is 0 Å². The molecule has 1 aromatic rings. The fourth-order valence-corrected chi connectivity index (χ4v) is 1.82. The number of nitriles is 1. The summed E-state index contributed by atoms with van der Waals surface area (Å²) in [7, 11) is 0. The van der Waals surface area contributed by atoms with E-state index < -0.39 is 4.92 Å². The maximum Gasteiger partial charge on any atom is 0.287 e. The van der Waals surface area contributed by atoms with E-state index in [9.17, 15) is 10.1 Å². The van der Waals surface area contributed by atoms with Crippen molar-refractivity contribution >= 4 is 5.69 Å². The van der Waals surface area contributed by atoms with Crippen LogP contribution in [0, 0.1) is 21.4 Å². The van der Waals surface area contributed by atoms with Crippen molar-refractivity contribution in [1.29, 1.82) is 5.26 Å². The first kappa shape index (κ1) is 12.3. The fraction of sp³-hybridized carbons (Fsp3) is 0.417. The van der Waals surface area contributed by atoms with Crippen molar-refractivity contribution in [2.45, 2.75) is 18.9 Å². The Labute approximate surface area is 104 Å². The molecular weight excluding hydrogens is 236 g/mol. The van der Waals surface area contributed by atoms with Gasteiger partial charge in [-0.25, -0.2) is 0 Å². The smallest absolute Gasteiger partial charge is 0.287 e. The number of nitro benzene ring substituents is 1. The second-order valence-electron chi connectivity index (χ2n) is 3.98. The number of hydrogen-bond acceptors (Lipinski definition) is 5. The van der Waals surface area contributed by atoms with E-state index >= 15 is 0 Å². The van der Waals surface area contributed by atoms with Gasteiger partial charge < -0.3 is 9.47 Å². The van der Waals surface area contributed by atoms with Gasteiger partial charge in [0.15, 0.2) is 0 Å². The molecule has 1 fully saturated rings. The lowest BCUT2D eigenvalue weighted by molar-refractivity contribution is -0.385. The van der Waals surface area contributed by atoms with Crippen molar-refractivity contribution in [3.8, 4) is 11.8 Å². The minimum absolute atomic E-state index is 0.0181. The van der Waals surface area contributed by atoms with Crippen LogP contribution in [0.3, 0.4) is 0 Å². The highest BCUT2D eigenvalue weighted by Gasteiger charge is 2.18. The molecule has 6 heteroatoms. The van der Waals surface area contributed by atoms with Gasteiger partial charge in [-0.1, -0.05) is 0 Å². The normalized spacial score (nSPS) is 15.9. The number of nitro groups is 1. The van der Waals surface area contributed by atoms with Gasteiger partial charge in [0, 0.05) is 25.0 Å². The quantitative estimate of drug-likeness (QED) is 0.603. The maximum absolute atomic E-state index is 10.7. The third-order valence-corrected chi connectivity index (χ3v) is 2.76. The van der Waals surface area contributed by atoms with E-state index in [4.69, 9.17) is 14.7 Å². The molecule has 0 atom stereocenters. The first-order valence-corrected chi connectivity index (χ1v) is 5.63. The first-order chi connectivity index (χ1) is 8.70. The molecular formula is C12H12N2O4. The molecule has 1 aliphatic rings. The molecule has 2 rings (SSSR count). The Hall–Kier alpha value is -2.13. The molecule has 0 bridgehead atoms. The Morgan fingerprint density at radius 2 is 2.17 bits per heavy atom. The SMILES string of the molecule is N#Cc1cc(OC2CCOCC2)ccc1[N+](=O)[O-]. The van der Waals surface area contributed by atoms with Gasteiger partial charge in [0.1, 0.15) is 23.5 Å². The van der Waals surface area contributed by atoms with Crippen LogP contribution >= 0.6 is 0 Å². The third kappa shape index (κ3) is 2.76. The van der Waals surface area contributed by atoms with E-state index in [0.29, 0.717) is 19.0 Å². The summed E-state index contributed by atoms with van der Waals surface area (Å²) in [6.45, 7) is 1.31. The van der Waals surface area contributed by atoms with E-state index in [2.05, 4.69) is 0 Å². The van der Waals surface area contributed by atoms with E-state index in [1.54, 1.807) is 0 Å². The molecule has 0 amide bonds. The summed E-state index contributed by atoms with van der Waals surface area (Å²) in [5, 5.41) is 19.5. The van der Waals surface area contributed by atoms with E-state index in [-0.39, 0.29) is 17.4 Å². The summed E-state index contributed by atoms with van der Waals surface area (Å²) < 4.78 is 10.9. The molecule has 1 aromatic carbocycles. The summed E-state index contributed by atoms with van der Waals surface area (Å²) in [5.41, 5.74) is -0.179. The average Bonchev–Trinajstić information content (AvgIpc) is 2.39. The van der Waals surface area contributed by atoms with Gasteiger partial charge in [0.05, 0.1) is 18.1 Å². The number of nitrogens with zero attached hydrogens (tertiary/aromatic N) is 2. The maximum atomic E-state index is 10.7. The van der Waals surface area contributed by atoms with Crippen LogP contribution in [-0.4, -0.2) is 24.2 Å². The standard InChI is InChI=1S/C12H12N2O4/c13-8-9-7-11(1-2-12(9)14(15)16)18-10-3-5-17-6-4-10/h1-2,7,10H,3-6H2. The Bertz CT molecular complexity index is 489. The predicted octanol–water partition coefficient (Wildman–Crippen LogP) is 2.02. The molecule has 6 nitrogen and oxygen atoms in total. The summed E-state index contributed by atoms with van der Waals surface area (Å²) >= 11 is 0. The van der Waals surface area contributed by atoms with E-state index in [1.165, 1.54) is 18.2 Å². The highest BCUT2D eigenvalue weighted by molar-refractivity contribution is 5.52. The van der Waals surface area contributed by atoms with E-state index in [0.717, 1.165) is 12.8 Å². The van der Waals surface area contributed by atoms with Crippen LogP contribution in [-0.2, 0) is 4.74 Å². The monoisotopic (exact) mass is 248 g/mol. The van der Waals surface area contributed by atoms with Gasteiger partial charge >= 0.3 is 0 Å². The molecule has 0 unspecified atom stereocenters. The molecule has 0 radical (unpaired) electrons. The van der Waals surface area contributed by atoms with Gasteiger partial charge in [-0.3, -0.25) is 10.1 Å². The van der Waals surface area contributed by atoms with Crippen LogP contribution < -0.4 is 4.74 Å². The highest BCUT2D eigenvalue weighted by Crippen LogP contribution is 2.25. The van der Waals surface area contributed by atoms with Crippen molar-refractivity contribution in [2.24, 2.45) is 0 Å². The largest absolute Gasteiger partial charge is 0.490 e. The summed E-state index contributed by atoms with van der Waals surface area (Å²) in [5.74, 6) is 0.490. The zero-order valence-electron chi connectivity index (χ0n) is 9.67.